The predicted octanol–water partition coefficient (Wildman–Crippen LogP) is 3.73. The quantitative estimate of drug-likeness (QED) is 0.861. The first-order valence-corrected chi connectivity index (χ1v) is 7.69. The number of para-hydroxylation sites is 1. The number of aromatic nitrogens is 1. The number of hydrogen-bond acceptors (Lipinski definition) is 4. The molecule has 0 unspecified atom stereocenters. The minimum atomic E-state index is 0.463. The van der Waals surface area contributed by atoms with E-state index in [1.165, 1.54) is 19.3 Å². The Morgan fingerprint density at radius 1 is 1.14 bits per heavy atom. The molecule has 0 radical (unpaired) electrons. The zero-order valence-electron chi connectivity index (χ0n) is 12.5. The Bertz CT molecular complexity index is 672. The van der Waals surface area contributed by atoms with Gasteiger partial charge in [0.15, 0.2) is 0 Å². The van der Waals surface area contributed by atoms with E-state index in [4.69, 9.17) is 10.00 Å². The summed E-state index contributed by atoms with van der Waals surface area (Å²) in [6, 6.07) is 13.5. The second kappa shape index (κ2) is 7.06. The molecule has 1 aromatic heterocycles. The molecule has 4 heteroatoms. The van der Waals surface area contributed by atoms with Crippen molar-refractivity contribution in [2.45, 2.75) is 25.8 Å². The largest absolute Gasteiger partial charge is 0.439 e. The molecule has 112 valence electrons. The Hall–Kier alpha value is -2.38. The van der Waals surface area contributed by atoms with Gasteiger partial charge in [-0.2, -0.15) is 5.26 Å². The third-order valence-corrected chi connectivity index (χ3v) is 3.89. The predicted molar refractivity (Wildman–Crippen MR) is 84.6 cm³/mol. The maximum atomic E-state index is 8.96. The Kier molecular flexibility index (Phi) is 4.67. The topological polar surface area (TPSA) is 49.1 Å². The van der Waals surface area contributed by atoms with Crippen molar-refractivity contribution >= 4 is 0 Å². The van der Waals surface area contributed by atoms with Gasteiger partial charge in [-0.05, 0) is 38.1 Å². The number of benzene rings is 1. The monoisotopic (exact) mass is 293 g/mol. The molecule has 2 heterocycles. The number of nitrogens with zero attached hydrogens (tertiary/aromatic N) is 3. The molecule has 22 heavy (non-hydrogen) atoms. The highest BCUT2D eigenvalue weighted by Crippen LogP contribution is 2.26. The molecule has 1 saturated heterocycles. The van der Waals surface area contributed by atoms with Crippen molar-refractivity contribution in [2.75, 3.05) is 13.1 Å². The molecule has 0 saturated carbocycles. The lowest BCUT2D eigenvalue weighted by Crippen LogP contribution is -2.29. The van der Waals surface area contributed by atoms with Gasteiger partial charge in [0.05, 0.1) is 11.6 Å². The number of rotatable bonds is 4. The van der Waals surface area contributed by atoms with Crippen LogP contribution in [-0.4, -0.2) is 23.0 Å². The highest BCUT2D eigenvalue weighted by atomic mass is 16.5. The van der Waals surface area contributed by atoms with Crippen LogP contribution in [0.3, 0.4) is 0 Å². The van der Waals surface area contributed by atoms with Crippen LogP contribution in [0, 0.1) is 11.3 Å². The molecule has 3 rings (SSSR count). The summed E-state index contributed by atoms with van der Waals surface area (Å²) in [5, 5.41) is 8.96. The maximum Gasteiger partial charge on any atom is 0.220 e. The van der Waals surface area contributed by atoms with Crippen molar-refractivity contribution in [1.29, 1.82) is 5.26 Å². The van der Waals surface area contributed by atoms with E-state index in [1.54, 1.807) is 18.3 Å². The van der Waals surface area contributed by atoms with Crippen LogP contribution in [0.15, 0.2) is 42.6 Å². The zero-order valence-corrected chi connectivity index (χ0v) is 12.5. The Morgan fingerprint density at radius 2 is 1.95 bits per heavy atom. The van der Waals surface area contributed by atoms with Crippen LogP contribution < -0.4 is 4.74 Å². The van der Waals surface area contributed by atoms with Crippen LogP contribution in [0.5, 0.6) is 11.6 Å². The van der Waals surface area contributed by atoms with Crippen LogP contribution in [0.1, 0.15) is 30.4 Å². The fourth-order valence-corrected chi connectivity index (χ4v) is 2.74. The SMILES string of the molecule is N#Cc1ccnc(Oc2ccccc2CN2CCCCC2)c1. The first kappa shape index (κ1) is 14.6. The van der Waals surface area contributed by atoms with Gasteiger partial charge in [0.1, 0.15) is 5.75 Å². The molecule has 0 amide bonds. The van der Waals surface area contributed by atoms with Gasteiger partial charge in [-0.25, -0.2) is 4.98 Å². The van der Waals surface area contributed by atoms with Crippen molar-refractivity contribution < 1.29 is 4.74 Å². The molecule has 0 aliphatic carbocycles. The van der Waals surface area contributed by atoms with E-state index in [1.807, 2.05) is 18.2 Å². The summed E-state index contributed by atoms with van der Waals surface area (Å²) in [6.07, 6.45) is 5.48. The molecule has 1 aliphatic heterocycles. The minimum Gasteiger partial charge on any atom is -0.439 e. The van der Waals surface area contributed by atoms with Gasteiger partial charge in [-0.15, -0.1) is 0 Å². The van der Waals surface area contributed by atoms with E-state index in [-0.39, 0.29) is 0 Å². The average molecular weight is 293 g/mol. The maximum absolute atomic E-state index is 8.96. The van der Waals surface area contributed by atoms with Crippen molar-refractivity contribution in [3.8, 4) is 17.7 Å². The van der Waals surface area contributed by atoms with Gasteiger partial charge in [-0.1, -0.05) is 24.6 Å². The lowest BCUT2D eigenvalue weighted by Gasteiger charge is -2.27. The van der Waals surface area contributed by atoms with E-state index in [2.05, 4.69) is 22.0 Å². The van der Waals surface area contributed by atoms with Gasteiger partial charge < -0.3 is 4.74 Å². The summed E-state index contributed by atoms with van der Waals surface area (Å²) < 4.78 is 5.90. The van der Waals surface area contributed by atoms with Gasteiger partial charge in [0, 0.05) is 24.4 Å². The van der Waals surface area contributed by atoms with Crippen LogP contribution in [0.4, 0.5) is 0 Å². The summed E-state index contributed by atoms with van der Waals surface area (Å²) in [5.41, 5.74) is 1.71. The normalized spacial score (nSPS) is 15.2. The van der Waals surface area contributed by atoms with Gasteiger partial charge >= 0.3 is 0 Å². The molecular weight excluding hydrogens is 274 g/mol. The van der Waals surface area contributed by atoms with E-state index < -0.39 is 0 Å². The fourth-order valence-electron chi connectivity index (χ4n) is 2.74. The number of pyridine rings is 1. The fraction of sp³-hybridized carbons (Fsp3) is 0.333. The molecular formula is C18H19N3O. The number of likely N-dealkylation sites (tertiary alicyclic amines) is 1. The standard InChI is InChI=1S/C18H19N3O/c19-13-15-8-9-20-18(12-15)22-17-7-3-2-6-16(17)14-21-10-4-1-5-11-21/h2-3,6-9,12H,1,4-5,10-11,14H2. The first-order valence-electron chi connectivity index (χ1n) is 7.69. The van der Waals surface area contributed by atoms with Crippen molar-refractivity contribution in [1.82, 2.24) is 9.88 Å². The molecule has 4 nitrogen and oxygen atoms in total. The third-order valence-electron chi connectivity index (χ3n) is 3.89. The number of ether oxygens (including phenoxy) is 1. The van der Waals surface area contributed by atoms with E-state index in [9.17, 15) is 0 Å². The zero-order chi connectivity index (χ0) is 15.2. The van der Waals surface area contributed by atoms with Crippen molar-refractivity contribution in [3.63, 3.8) is 0 Å². The smallest absolute Gasteiger partial charge is 0.220 e. The summed E-state index contributed by atoms with van der Waals surface area (Å²) in [4.78, 5) is 6.65. The molecule has 1 aliphatic rings. The summed E-state index contributed by atoms with van der Waals surface area (Å²) >= 11 is 0. The Labute approximate surface area is 131 Å². The van der Waals surface area contributed by atoms with Crippen LogP contribution in [-0.2, 0) is 6.54 Å². The third kappa shape index (κ3) is 3.63. The average Bonchev–Trinajstić information content (AvgIpc) is 2.58. The lowest BCUT2D eigenvalue weighted by atomic mass is 10.1. The van der Waals surface area contributed by atoms with E-state index in [0.29, 0.717) is 11.4 Å². The minimum absolute atomic E-state index is 0.463. The molecule has 0 atom stereocenters. The van der Waals surface area contributed by atoms with Crippen LogP contribution in [0.2, 0.25) is 0 Å². The van der Waals surface area contributed by atoms with Crippen molar-refractivity contribution in [2.24, 2.45) is 0 Å². The van der Waals surface area contributed by atoms with Gasteiger partial charge in [0.2, 0.25) is 5.88 Å². The Morgan fingerprint density at radius 3 is 2.77 bits per heavy atom. The summed E-state index contributed by atoms with van der Waals surface area (Å²) in [5.74, 6) is 1.28. The summed E-state index contributed by atoms with van der Waals surface area (Å²) in [7, 11) is 0. The molecule has 0 N–H and O–H groups in total. The van der Waals surface area contributed by atoms with Crippen LogP contribution >= 0.6 is 0 Å². The molecule has 2 aromatic rings. The number of hydrogen-bond donors (Lipinski definition) is 0. The molecule has 1 aromatic carbocycles. The lowest BCUT2D eigenvalue weighted by molar-refractivity contribution is 0.219. The highest BCUT2D eigenvalue weighted by molar-refractivity contribution is 5.38. The van der Waals surface area contributed by atoms with Crippen molar-refractivity contribution in [3.05, 3.63) is 53.7 Å². The van der Waals surface area contributed by atoms with Gasteiger partial charge in [0.25, 0.3) is 0 Å². The second-order valence-corrected chi connectivity index (χ2v) is 5.54. The van der Waals surface area contributed by atoms with E-state index in [0.717, 1.165) is 30.9 Å². The first-order chi connectivity index (χ1) is 10.8. The van der Waals surface area contributed by atoms with Gasteiger partial charge in [-0.3, -0.25) is 4.90 Å². The second-order valence-electron chi connectivity index (χ2n) is 5.54. The molecule has 0 bridgehead atoms. The highest BCUT2D eigenvalue weighted by Gasteiger charge is 2.13. The molecule has 0 spiro atoms. The number of piperidine rings is 1. The van der Waals surface area contributed by atoms with Crippen LogP contribution in [0.25, 0.3) is 0 Å². The van der Waals surface area contributed by atoms with E-state index >= 15 is 0 Å². The molecule has 1 fully saturated rings. The summed E-state index contributed by atoms with van der Waals surface area (Å²) in [6.45, 7) is 3.20. The number of nitriles is 1. The Balaban J connectivity index is 1.77.